The van der Waals surface area contributed by atoms with E-state index in [1.807, 2.05) is 13.0 Å². The Hall–Kier alpha value is -2.65. The molecule has 1 aliphatic heterocycles. The van der Waals surface area contributed by atoms with Crippen molar-refractivity contribution in [1.82, 2.24) is 9.62 Å². The number of aryl methyl sites for hydroxylation is 1. The summed E-state index contributed by atoms with van der Waals surface area (Å²) >= 11 is 0. The molecule has 0 saturated carbocycles. The molecule has 9 heteroatoms. The molecule has 0 spiro atoms. The van der Waals surface area contributed by atoms with Crippen molar-refractivity contribution in [3.05, 3.63) is 47.4 Å². The van der Waals surface area contributed by atoms with Gasteiger partial charge in [-0.15, -0.1) is 0 Å². The number of anilines is 1. The minimum absolute atomic E-state index is 0.167. The number of carbonyl (C=O) groups is 2. The molecule has 2 amide bonds. The molecule has 1 aromatic carbocycles. The van der Waals surface area contributed by atoms with E-state index in [0.29, 0.717) is 30.1 Å². The van der Waals surface area contributed by atoms with Crippen LogP contribution in [-0.4, -0.2) is 43.7 Å². The van der Waals surface area contributed by atoms with Gasteiger partial charge in [0.05, 0.1) is 11.4 Å². The predicted octanol–water partition coefficient (Wildman–Crippen LogP) is 2.21. The van der Waals surface area contributed by atoms with Crippen molar-refractivity contribution in [2.75, 3.05) is 18.0 Å². The van der Waals surface area contributed by atoms with Crippen LogP contribution >= 0.6 is 0 Å². The first kappa shape index (κ1) is 22.0. The summed E-state index contributed by atoms with van der Waals surface area (Å²) in [5, 5.41) is 2.80. The minimum atomic E-state index is -3.63. The first-order valence-corrected chi connectivity index (χ1v) is 11.4. The van der Waals surface area contributed by atoms with Gasteiger partial charge in [-0.05, 0) is 42.8 Å². The maximum Gasteiger partial charge on any atom is 0.243 e. The van der Waals surface area contributed by atoms with E-state index in [-0.39, 0.29) is 29.7 Å². The van der Waals surface area contributed by atoms with Crippen LogP contribution in [0.4, 0.5) is 5.69 Å². The highest BCUT2D eigenvalue weighted by atomic mass is 32.2. The van der Waals surface area contributed by atoms with Crippen LogP contribution < -0.4 is 10.2 Å². The van der Waals surface area contributed by atoms with Gasteiger partial charge < -0.3 is 9.73 Å². The van der Waals surface area contributed by atoms with Gasteiger partial charge in [-0.2, -0.15) is 4.31 Å². The second kappa shape index (κ2) is 8.61. The average Bonchev–Trinajstić information content (AvgIpc) is 3.29. The molecule has 0 unspecified atom stereocenters. The zero-order valence-electron chi connectivity index (χ0n) is 17.6. The van der Waals surface area contributed by atoms with Crippen LogP contribution in [0.5, 0.6) is 0 Å². The minimum Gasteiger partial charge on any atom is -0.465 e. The molecule has 1 aromatic heterocycles. The highest BCUT2D eigenvalue weighted by Gasteiger charge is 2.38. The van der Waals surface area contributed by atoms with Crippen LogP contribution in [0.1, 0.15) is 37.9 Å². The van der Waals surface area contributed by atoms with Gasteiger partial charge in [-0.3, -0.25) is 14.5 Å². The summed E-state index contributed by atoms with van der Waals surface area (Å²) in [5.41, 5.74) is 1.22. The molecule has 1 atom stereocenters. The Morgan fingerprint density at radius 2 is 1.90 bits per heavy atom. The normalized spacial score (nSPS) is 16.0. The van der Waals surface area contributed by atoms with Crippen LogP contribution in [-0.2, 0) is 32.6 Å². The van der Waals surface area contributed by atoms with Crippen LogP contribution in [0.15, 0.2) is 39.6 Å². The summed E-state index contributed by atoms with van der Waals surface area (Å²) in [6.07, 6.45) is 0.250. The maximum atomic E-state index is 12.8. The molecule has 30 heavy (non-hydrogen) atoms. The quantitative estimate of drug-likeness (QED) is 0.722. The lowest BCUT2D eigenvalue weighted by molar-refractivity contribution is -0.125. The van der Waals surface area contributed by atoms with E-state index in [1.165, 1.54) is 22.2 Å². The van der Waals surface area contributed by atoms with Gasteiger partial charge in [0.15, 0.2) is 0 Å². The van der Waals surface area contributed by atoms with Crippen molar-refractivity contribution in [3.8, 4) is 0 Å². The number of fused-ring (bicyclic) bond motifs is 1. The zero-order chi connectivity index (χ0) is 22.1. The fourth-order valence-corrected chi connectivity index (χ4v) is 5.28. The number of nitrogens with one attached hydrogen (secondary N) is 1. The lowest BCUT2D eigenvalue weighted by atomic mass is 10.1. The second-order valence-corrected chi connectivity index (χ2v) is 9.16. The van der Waals surface area contributed by atoms with E-state index >= 15 is 0 Å². The zero-order valence-corrected chi connectivity index (χ0v) is 18.5. The van der Waals surface area contributed by atoms with Crippen molar-refractivity contribution < 1.29 is 22.4 Å². The third kappa shape index (κ3) is 4.13. The fourth-order valence-electron chi connectivity index (χ4n) is 3.77. The van der Waals surface area contributed by atoms with E-state index in [2.05, 4.69) is 5.32 Å². The van der Waals surface area contributed by atoms with Gasteiger partial charge in [-0.25, -0.2) is 8.42 Å². The number of carbonyl (C=O) groups excluding carboxylic acids is 2. The Balaban J connectivity index is 1.85. The molecule has 3 rings (SSSR count). The second-order valence-electron chi connectivity index (χ2n) is 7.22. The number of amides is 2. The first-order valence-electron chi connectivity index (χ1n) is 9.94. The van der Waals surface area contributed by atoms with Gasteiger partial charge >= 0.3 is 0 Å². The van der Waals surface area contributed by atoms with Gasteiger partial charge in [0.1, 0.15) is 17.6 Å². The number of sulfonamides is 1. The average molecular weight is 434 g/mol. The molecule has 0 fully saturated rings. The van der Waals surface area contributed by atoms with Crippen LogP contribution in [0.25, 0.3) is 0 Å². The molecule has 2 aromatic rings. The van der Waals surface area contributed by atoms with Crippen LogP contribution in [0, 0.1) is 6.92 Å². The Morgan fingerprint density at radius 3 is 2.47 bits per heavy atom. The smallest absolute Gasteiger partial charge is 0.243 e. The molecule has 0 aliphatic carbocycles. The summed E-state index contributed by atoms with van der Waals surface area (Å²) in [6, 6.07) is 7.53. The van der Waals surface area contributed by atoms with Crippen molar-refractivity contribution in [3.63, 3.8) is 0 Å². The number of benzene rings is 1. The van der Waals surface area contributed by atoms with Crippen molar-refractivity contribution in [1.29, 1.82) is 0 Å². The van der Waals surface area contributed by atoms with Crippen molar-refractivity contribution >= 4 is 27.5 Å². The number of furan rings is 1. The van der Waals surface area contributed by atoms with E-state index < -0.39 is 16.1 Å². The molecule has 1 N–H and O–H groups in total. The van der Waals surface area contributed by atoms with Gasteiger partial charge in [0, 0.05) is 32.1 Å². The summed E-state index contributed by atoms with van der Waals surface area (Å²) in [6.45, 7) is 7.73. The predicted molar refractivity (Wildman–Crippen MR) is 112 cm³/mol. The molecule has 8 nitrogen and oxygen atoms in total. The van der Waals surface area contributed by atoms with E-state index in [1.54, 1.807) is 32.0 Å². The van der Waals surface area contributed by atoms with Crippen molar-refractivity contribution in [2.45, 2.75) is 51.6 Å². The Bertz CT molecular complexity index is 1060. The van der Waals surface area contributed by atoms with Crippen LogP contribution in [0.3, 0.4) is 0 Å². The molecular weight excluding hydrogens is 406 g/mol. The SMILES string of the molecule is CCN(CC)S(=O)(=O)c1ccc2c(c1)C[C@@H](C(=O)NCc1ccc(C)o1)N2C(C)=O. The first-order chi connectivity index (χ1) is 14.2. The van der Waals surface area contributed by atoms with Gasteiger partial charge in [0.2, 0.25) is 21.8 Å². The molecule has 0 saturated heterocycles. The summed E-state index contributed by atoms with van der Waals surface area (Å²) in [5.74, 6) is 0.781. The van der Waals surface area contributed by atoms with E-state index in [4.69, 9.17) is 4.42 Å². The number of rotatable bonds is 7. The fraction of sp³-hybridized carbons (Fsp3) is 0.429. The highest BCUT2D eigenvalue weighted by Crippen LogP contribution is 2.35. The molecule has 0 radical (unpaired) electrons. The topological polar surface area (TPSA) is 99.9 Å². The third-order valence-corrected chi connectivity index (χ3v) is 7.30. The monoisotopic (exact) mass is 433 g/mol. The Labute approximate surface area is 176 Å². The number of hydrogen-bond acceptors (Lipinski definition) is 5. The number of nitrogens with zero attached hydrogens (tertiary/aromatic N) is 2. The number of hydrogen-bond donors (Lipinski definition) is 1. The molecule has 2 heterocycles. The Kier molecular flexibility index (Phi) is 6.33. The van der Waals surface area contributed by atoms with E-state index in [9.17, 15) is 18.0 Å². The molecule has 0 bridgehead atoms. The van der Waals surface area contributed by atoms with Gasteiger partial charge in [0.25, 0.3) is 0 Å². The molecule has 1 aliphatic rings. The van der Waals surface area contributed by atoms with E-state index in [0.717, 1.165) is 5.76 Å². The summed E-state index contributed by atoms with van der Waals surface area (Å²) in [7, 11) is -3.63. The lowest BCUT2D eigenvalue weighted by Gasteiger charge is -2.23. The Morgan fingerprint density at radius 1 is 1.20 bits per heavy atom. The van der Waals surface area contributed by atoms with Crippen molar-refractivity contribution in [2.24, 2.45) is 0 Å². The standard InChI is InChI=1S/C21H27N3O5S/c1-5-23(6-2)30(27,28)18-9-10-19-16(11-18)12-20(24(19)15(4)25)21(26)22-13-17-8-7-14(3)29-17/h7-11,20H,5-6,12-13H2,1-4H3,(H,22,26)/t20-/m0/s1. The van der Waals surface area contributed by atoms with Gasteiger partial charge in [-0.1, -0.05) is 13.8 Å². The summed E-state index contributed by atoms with van der Waals surface area (Å²) < 4.78 is 32.5. The largest absolute Gasteiger partial charge is 0.465 e. The molecule has 162 valence electrons. The van der Waals surface area contributed by atoms with Crippen LogP contribution in [0.2, 0.25) is 0 Å². The highest BCUT2D eigenvalue weighted by molar-refractivity contribution is 7.89. The summed E-state index contributed by atoms with van der Waals surface area (Å²) in [4.78, 5) is 26.7. The lowest BCUT2D eigenvalue weighted by Crippen LogP contribution is -2.47. The molecular formula is C21H27N3O5S. The third-order valence-electron chi connectivity index (χ3n) is 5.25. The maximum absolute atomic E-state index is 12.8.